The Kier molecular flexibility index (Phi) is 6.11. The molecule has 1 aliphatic heterocycles. The van der Waals surface area contributed by atoms with E-state index in [1.54, 1.807) is 16.8 Å². The summed E-state index contributed by atoms with van der Waals surface area (Å²) in [7, 11) is 0. The summed E-state index contributed by atoms with van der Waals surface area (Å²) in [5.41, 5.74) is 1.35. The number of fused-ring (bicyclic) bond motifs is 1. The van der Waals surface area contributed by atoms with Gasteiger partial charge in [-0.25, -0.2) is 9.97 Å². The van der Waals surface area contributed by atoms with Crippen LogP contribution in [0.3, 0.4) is 0 Å². The van der Waals surface area contributed by atoms with Crippen LogP contribution in [0.4, 0.5) is 0 Å². The monoisotopic (exact) mass is 446 g/mol. The predicted molar refractivity (Wildman–Crippen MR) is 126 cm³/mol. The van der Waals surface area contributed by atoms with Gasteiger partial charge in [0.1, 0.15) is 11.9 Å². The third-order valence-corrected chi connectivity index (χ3v) is 6.97. The smallest absolute Gasteiger partial charge is 0.261 e. The summed E-state index contributed by atoms with van der Waals surface area (Å²) in [5, 5.41) is 0.656. The molecule has 0 radical (unpaired) electrons. The number of benzene rings is 1. The molecule has 2 aliphatic rings. The zero-order chi connectivity index (χ0) is 22.8. The minimum atomic E-state index is 0.00841. The van der Waals surface area contributed by atoms with Crippen molar-refractivity contribution in [3.8, 4) is 5.88 Å². The Labute approximate surface area is 193 Å². The zero-order valence-electron chi connectivity index (χ0n) is 19.1. The van der Waals surface area contributed by atoms with Crippen molar-refractivity contribution in [1.29, 1.82) is 0 Å². The molecule has 5 rings (SSSR count). The SMILES string of the molecule is Cc1nc2ccccc2c(=O)n1CC1CCN(C(=O)c2ccc(OC3CCCC3)nc2)CC1. The van der Waals surface area contributed by atoms with Gasteiger partial charge in [-0.3, -0.25) is 14.2 Å². The standard InChI is InChI=1S/C26H30N4O3/c1-18-28-23-9-5-4-8-22(23)26(32)30(18)17-19-12-14-29(15-13-19)25(31)20-10-11-24(27-16-20)33-21-6-2-3-7-21/h4-5,8-11,16,19,21H,2-3,6-7,12-15,17H2,1H3. The highest BCUT2D eigenvalue weighted by atomic mass is 16.5. The van der Waals surface area contributed by atoms with E-state index in [1.807, 2.05) is 42.2 Å². The van der Waals surface area contributed by atoms with Gasteiger partial charge in [-0.05, 0) is 69.6 Å². The first kappa shape index (κ1) is 21.6. The highest BCUT2D eigenvalue weighted by Gasteiger charge is 2.25. The molecule has 7 heteroatoms. The molecule has 3 aromatic rings. The van der Waals surface area contributed by atoms with Crippen molar-refractivity contribution in [2.24, 2.45) is 5.92 Å². The molecule has 1 saturated heterocycles. The van der Waals surface area contributed by atoms with Gasteiger partial charge < -0.3 is 9.64 Å². The number of rotatable bonds is 5. The van der Waals surface area contributed by atoms with Crippen molar-refractivity contribution >= 4 is 16.8 Å². The summed E-state index contributed by atoms with van der Waals surface area (Å²) in [6, 6.07) is 11.1. The van der Waals surface area contributed by atoms with Crippen molar-refractivity contribution < 1.29 is 9.53 Å². The molecular formula is C26H30N4O3. The second-order valence-corrected chi connectivity index (χ2v) is 9.24. The molecule has 1 amide bonds. The maximum absolute atomic E-state index is 13.0. The van der Waals surface area contributed by atoms with Crippen LogP contribution in [0.25, 0.3) is 10.9 Å². The Bertz CT molecular complexity index is 1190. The van der Waals surface area contributed by atoms with E-state index < -0.39 is 0 Å². The normalized spacial score (nSPS) is 17.5. The number of aryl methyl sites for hydroxylation is 1. The molecule has 1 saturated carbocycles. The Morgan fingerprint density at radius 3 is 2.55 bits per heavy atom. The van der Waals surface area contributed by atoms with E-state index in [9.17, 15) is 9.59 Å². The summed E-state index contributed by atoms with van der Waals surface area (Å²) >= 11 is 0. The lowest BCUT2D eigenvalue weighted by Crippen LogP contribution is -2.40. The molecule has 0 bridgehead atoms. The molecule has 33 heavy (non-hydrogen) atoms. The van der Waals surface area contributed by atoms with Gasteiger partial charge in [-0.15, -0.1) is 0 Å². The number of carbonyl (C=O) groups excluding carboxylic acids is 1. The Morgan fingerprint density at radius 1 is 1.06 bits per heavy atom. The van der Waals surface area contributed by atoms with Crippen LogP contribution in [-0.2, 0) is 6.54 Å². The average molecular weight is 447 g/mol. The first-order valence-corrected chi connectivity index (χ1v) is 12.0. The third-order valence-electron chi connectivity index (χ3n) is 6.97. The van der Waals surface area contributed by atoms with Gasteiger partial charge in [0.05, 0.1) is 16.5 Å². The average Bonchev–Trinajstić information content (AvgIpc) is 3.35. The number of likely N-dealkylation sites (tertiary alicyclic amines) is 1. The summed E-state index contributed by atoms with van der Waals surface area (Å²) in [5.74, 6) is 1.69. The van der Waals surface area contributed by atoms with Gasteiger partial charge in [-0.1, -0.05) is 12.1 Å². The van der Waals surface area contributed by atoms with E-state index >= 15 is 0 Å². The number of amides is 1. The number of hydrogen-bond acceptors (Lipinski definition) is 5. The highest BCUT2D eigenvalue weighted by molar-refractivity contribution is 5.94. The number of carbonyl (C=O) groups is 1. The molecule has 7 nitrogen and oxygen atoms in total. The lowest BCUT2D eigenvalue weighted by atomic mass is 9.96. The molecule has 1 aliphatic carbocycles. The van der Waals surface area contributed by atoms with Gasteiger partial charge in [-0.2, -0.15) is 0 Å². The van der Waals surface area contributed by atoms with Crippen molar-refractivity contribution in [3.63, 3.8) is 0 Å². The van der Waals surface area contributed by atoms with Crippen LogP contribution in [0.5, 0.6) is 5.88 Å². The Morgan fingerprint density at radius 2 is 1.82 bits per heavy atom. The zero-order valence-corrected chi connectivity index (χ0v) is 19.1. The van der Waals surface area contributed by atoms with Crippen LogP contribution in [0.15, 0.2) is 47.4 Å². The number of piperidine rings is 1. The van der Waals surface area contributed by atoms with E-state index in [0.717, 1.165) is 37.0 Å². The van der Waals surface area contributed by atoms with Gasteiger partial charge in [0, 0.05) is 31.9 Å². The molecule has 0 unspecified atom stereocenters. The topological polar surface area (TPSA) is 77.3 Å². The summed E-state index contributed by atoms with van der Waals surface area (Å²) in [6.07, 6.45) is 8.19. The van der Waals surface area contributed by atoms with E-state index in [-0.39, 0.29) is 17.6 Å². The van der Waals surface area contributed by atoms with Crippen LogP contribution in [-0.4, -0.2) is 44.5 Å². The fourth-order valence-electron chi connectivity index (χ4n) is 5.01. The fraction of sp³-hybridized carbons (Fsp3) is 0.462. The van der Waals surface area contributed by atoms with E-state index in [0.29, 0.717) is 42.4 Å². The van der Waals surface area contributed by atoms with Crippen LogP contribution < -0.4 is 10.3 Å². The van der Waals surface area contributed by atoms with Crippen LogP contribution in [0, 0.1) is 12.8 Å². The molecular weight excluding hydrogens is 416 g/mol. The van der Waals surface area contributed by atoms with Gasteiger partial charge in [0.2, 0.25) is 5.88 Å². The van der Waals surface area contributed by atoms with Crippen LogP contribution in [0.1, 0.15) is 54.7 Å². The molecule has 0 N–H and O–H groups in total. The second kappa shape index (κ2) is 9.33. The molecule has 1 aromatic carbocycles. The maximum Gasteiger partial charge on any atom is 0.261 e. The Hall–Kier alpha value is -3.22. The van der Waals surface area contributed by atoms with Gasteiger partial charge in [0.25, 0.3) is 11.5 Å². The van der Waals surface area contributed by atoms with Crippen LogP contribution in [0.2, 0.25) is 0 Å². The number of nitrogens with zero attached hydrogens (tertiary/aromatic N) is 4. The highest BCUT2D eigenvalue weighted by Crippen LogP contribution is 2.24. The lowest BCUT2D eigenvalue weighted by molar-refractivity contribution is 0.0681. The minimum absolute atomic E-state index is 0.00841. The quantitative estimate of drug-likeness (QED) is 0.593. The van der Waals surface area contributed by atoms with Gasteiger partial charge >= 0.3 is 0 Å². The molecule has 2 aromatic heterocycles. The predicted octanol–water partition coefficient (Wildman–Crippen LogP) is 3.97. The van der Waals surface area contributed by atoms with Crippen LogP contribution >= 0.6 is 0 Å². The lowest BCUT2D eigenvalue weighted by Gasteiger charge is -2.32. The van der Waals surface area contributed by atoms with E-state index in [4.69, 9.17) is 4.74 Å². The minimum Gasteiger partial charge on any atom is -0.474 e. The van der Waals surface area contributed by atoms with Crippen molar-refractivity contribution in [2.45, 2.75) is 58.1 Å². The molecule has 0 atom stereocenters. The first-order valence-electron chi connectivity index (χ1n) is 12.0. The summed E-state index contributed by atoms with van der Waals surface area (Å²) < 4.78 is 7.69. The summed E-state index contributed by atoms with van der Waals surface area (Å²) in [4.78, 5) is 36.8. The number of ether oxygens (including phenoxy) is 1. The van der Waals surface area contributed by atoms with E-state index in [1.165, 1.54) is 12.8 Å². The van der Waals surface area contributed by atoms with Gasteiger partial charge in [0.15, 0.2) is 0 Å². The van der Waals surface area contributed by atoms with Crippen molar-refractivity contribution in [1.82, 2.24) is 19.4 Å². The maximum atomic E-state index is 13.0. The molecule has 2 fully saturated rings. The van der Waals surface area contributed by atoms with Crippen molar-refractivity contribution in [3.05, 3.63) is 64.3 Å². The fourth-order valence-corrected chi connectivity index (χ4v) is 5.01. The van der Waals surface area contributed by atoms with E-state index in [2.05, 4.69) is 9.97 Å². The summed E-state index contributed by atoms with van der Waals surface area (Å²) in [6.45, 7) is 3.89. The molecule has 172 valence electrons. The van der Waals surface area contributed by atoms with Crippen molar-refractivity contribution in [2.75, 3.05) is 13.1 Å². The third kappa shape index (κ3) is 4.63. The number of pyridine rings is 1. The number of aromatic nitrogens is 3. The largest absolute Gasteiger partial charge is 0.474 e. The second-order valence-electron chi connectivity index (χ2n) is 9.24. The number of hydrogen-bond donors (Lipinski definition) is 0. The number of para-hydroxylation sites is 1. The molecule has 0 spiro atoms. The first-order chi connectivity index (χ1) is 16.1. The molecule has 3 heterocycles. The Balaban J connectivity index is 1.19.